The summed E-state index contributed by atoms with van der Waals surface area (Å²) in [5.74, 6) is 2.35. The molecule has 1 aliphatic heterocycles. The van der Waals surface area contributed by atoms with Gasteiger partial charge in [-0.3, -0.25) is 9.69 Å². The number of hydrogen-bond donors (Lipinski definition) is 0. The molecule has 0 radical (unpaired) electrons. The summed E-state index contributed by atoms with van der Waals surface area (Å²) in [6, 6.07) is 0.291. The molecule has 4 rings (SSSR count). The van der Waals surface area contributed by atoms with E-state index < -0.39 is 0 Å². The van der Waals surface area contributed by atoms with Crippen molar-refractivity contribution in [2.75, 3.05) is 7.11 Å². The van der Waals surface area contributed by atoms with E-state index in [1.807, 2.05) is 0 Å². The maximum Gasteiger partial charge on any atom is 0.323 e. The van der Waals surface area contributed by atoms with Crippen LogP contribution in [0.2, 0.25) is 0 Å². The van der Waals surface area contributed by atoms with Crippen molar-refractivity contribution >= 4 is 5.97 Å². The van der Waals surface area contributed by atoms with E-state index in [1.54, 1.807) is 0 Å². The molecule has 0 unspecified atom stereocenters. The Morgan fingerprint density at radius 1 is 1.22 bits per heavy atom. The summed E-state index contributed by atoms with van der Waals surface area (Å²) in [5, 5.41) is 8.44. The first-order valence-corrected chi connectivity index (χ1v) is 8.92. The topological polar surface area (TPSA) is 68.5 Å². The molecule has 6 nitrogen and oxygen atoms in total. The first kappa shape index (κ1) is 15.1. The quantitative estimate of drug-likeness (QED) is 0.795. The Morgan fingerprint density at radius 2 is 2.04 bits per heavy atom. The molecule has 3 aliphatic rings. The number of aromatic nitrogens is 2. The van der Waals surface area contributed by atoms with Crippen molar-refractivity contribution in [1.82, 2.24) is 15.1 Å². The lowest BCUT2D eigenvalue weighted by atomic mass is 9.85. The molecule has 2 heterocycles. The van der Waals surface area contributed by atoms with Gasteiger partial charge in [0.25, 0.3) is 0 Å². The molecule has 23 heavy (non-hydrogen) atoms. The van der Waals surface area contributed by atoms with E-state index in [4.69, 9.17) is 9.15 Å². The molecule has 6 heteroatoms. The normalized spacial score (nSPS) is 31.6. The van der Waals surface area contributed by atoms with Crippen LogP contribution >= 0.6 is 0 Å². The van der Waals surface area contributed by atoms with Crippen LogP contribution in [0.3, 0.4) is 0 Å². The third-order valence-corrected chi connectivity index (χ3v) is 5.95. The van der Waals surface area contributed by atoms with Gasteiger partial charge in [0.05, 0.1) is 13.7 Å². The highest BCUT2D eigenvalue weighted by molar-refractivity contribution is 5.76. The van der Waals surface area contributed by atoms with Gasteiger partial charge in [0.15, 0.2) is 0 Å². The Bertz CT molecular complexity index is 569. The molecule has 1 aromatic heterocycles. The van der Waals surface area contributed by atoms with Gasteiger partial charge in [-0.2, -0.15) is 0 Å². The Kier molecular flexibility index (Phi) is 4.09. The predicted molar refractivity (Wildman–Crippen MR) is 82.6 cm³/mol. The molecular weight excluding hydrogens is 294 g/mol. The highest BCUT2D eigenvalue weighted by Crippen LogP contribution is 2.41. The fourth-order valence-electron chi connectivity index (χ4n) is 4.45. The summed E-state index contributed by atoms with van der Waals surface area (Å²) in [4.78, 5) is 14.5. The molecule has 0 amide bonds. The van der Waals surface area contributed by atoms with E-state index in [9.17, 15) is 4.79 Å². The highest BCUT2D eigenvalue weighted by atomic mass is 16.5. The van der Waals surface area contributed by atoms with E-state index in [1.165, 1.54) is 32.8 Å². The van der Waals surface area contributed by atoms with Gasteiger partial charge in [0, 0.05) is 12.0 Å². The third-order valence-electron chi connectivity index (χ3n) is 5.95. The molecule has 3 fully saturated rings. The van der Waals surface area contributed by atoms with E-state index in [0.29, 0.717) is 30.3 Å². The van der Waals surface area contributed by atoms with Crippen LogP contribution in [0.4, 0.5) is 0 Å². The molecule has 0 aromatic carbocycles. The average Bonchev–Trinajstić information content (AvgIpc) is 3.11. The number of hydrogen-bond acceptors (Lipinski definition) is 6. The van der Waals surface area contributed by atoms with E-state index in [0.717, 1.165) is 31.6 Å². The van der Waals surface area contributed by atoms with E-state index in [2.05, 4.69) is 15.1 Å². The van der Waals surface area contributed by atoms with Crippen molar-refractivity contribution in [3.8, 4) is 0 Å². The fraction of sp³-hybridized carbons (Fsp3) is 0.824. The molecule has 2 saturated carbocycles. The Balaban J connectivity index is 1.51. The molecular formula is C17H25N3O3. The molecule has 126 valence electrons. The van der Waals surface area contributed by atoms with Crippen molar-refractivity contribution in [3.63, 3.8) is 0 Å². The number of carbonyl (C=O) groups is 1. The summed E-state index contributed by atoms with van der Waals surface area (Å²) < 4.78 is 10.9. The van der Waals surface area contributed by atoms with Crippen LogP contribution in [0.1, 0.15) is 69.1 Å². The monoisotopic (exact) mass is 319 g/mol. The average molecular weight is 319 g/mol. The summed E-state index contributed by atoms with van der Waals surface area (Å²) in [7, 11) is 1.48. The van der Waals surface area contributed by atoms with Gasteiger partial charge < -0.3 is 9.15 Å². The standard InChI is InChI=1S/C17H25N3O3/c1-22-17(21)14-9-12-5-2-3-8-13(12)20(14)10-15-18-19-16(23-15)11-6-4-7-11/h11-14H,2-10H2,1H3/t12-,13-,14-/m0/s1. The minimum atomic E-state index is -0.160. The number of nitrogens with zero attached hydrogens (tertiary/aromatic N) is 3. The van der Waals surface area contributed by atoms with Crippen LogP contribution in [0, 0.1) is 5.92 Å². The number of ether oxygens (including phenoxy) is 1. The molecule has 0 N–H and O–H groups in total. The molecule has 0 spiro atoms. The number of carbonyl (C=O) groups excluding carboxylic acids is 1. The summed E-state index contributed by atoms with van der Waals surface area (Å²) in [6.07, 6.45) is 9.34. The second-order valence-electron chi connectivity index (χ2n) is 7.22. The van der Waals surface area contributed by atoms with Gasteiger partial charge in [-0.25, -0.2) is 0 Å². The maximum atomic E-state index is 12.2. The SMILES string of the molecule is COC(=O)[C@@H]1C[C@@H]2CCCC[C@@H]2N1Cc1nnc(C2CCC2)o1. The number of methoxy groups -OCH3 is 1. The zero-order valence-electron chi connectivity index (χ0n) is 13.7. The smallest absolute Gasteiger partial charge is 0.323 e. The Labute approximate surface area is 136 Å². The predicted octanol–water partition coefficient (Wildman–Crippen LogP) is 2.64. The second-order valence-corrected chi connectivity index (χ2v) is 7.22. The number of esters is 1. The van der Waals surface area contributed by atoms with Crippen molar-refractivity contribution < 1.29 is 13.9 Å². The van der Waals surface area contributed by atoms with Gasteiger partial charge in [-0.1, -0.05) is 19.3 Å². The molecule has 1 aromatic rings. The summed E-state index contributed by atoms with van der Waals surface area (Å²) in [6.45, 7) is 0.570. The van der Waals surface area contributed by atoms with Gasteiger partial charge in [-0.05, 0) is 38.0 Å². The van der Waals surface area contributed by atoms with E-state index >= 15 is 0 Å². The van der Waals surface area contributed by atoms with Crippen LogP contribution in [-0.2, 0) is 16.1 Å². The summed E-state index contributed by atoms with van der Waals surface area (Å²) in [5.41, 5.74) is 0. The minimum Gasteiger partial charge on any atom is -0.468 e. The van der Waals surface area contributed by atoms with Gasteiger partial charge in [0.2, 0.25) is 11.8 Å². The molecule has 3 atom stereocenters. The van der Waals surface area contributed by atoms with E-state index in [-0.39, 0.29) is 12.0 Å². The van der Waals surface area contributed by atoms with Crippen LogP contribution in [0.15, 0.2) is 4.42 Å². The van der Waals surface area contributed by atoms with Crippen LogP contribution in [0.25, 0.3) is 0 Å². The second kappa shape index (κ2) is 6.23. The lowest BCUT2D eigenvalue weighted by Crippen LogP contribution is -2.42. The third kappa shape index (κ3) is 2.77. The molecule has 1 saturated heterocycles. The van der Waals surface area contributed by atoms with Crippen molar-refractivity contribution in [2.45, 2.75) is 75.9 Å². The van der Waals surface area contributed by atoms with Crippen molar-refractivity contribution in [2.24, 2.45) is 5.92 Å². The lowest BCUT2D eigenvalue weighted by Gasteiger charge is -2.32. The maximum absolute atomic E-state index is 12.2. The lowest BCUT2D eigenvalue weighted by molar-refractivity contribution is -0.146. The van der Waals surface area contributed by atoms with Crippen molar-refractivity contribution in [3.05, 3.63) is 11.8 Å². The Morgan fingerprint density at radius 3 is 2.78 bits per heavy atom. The zero-order chi connectivity index (χ0) is 15.8. The number of rotatable bonds is 4. The number of fused-ring (bicyclic) bond motifs is 1. The zero-order valence-corrected chi connectivity index (χ0v) is 13.7. The molecule has 0 bridgehead atoms. The number of likely N-dealkylation sites (tertiary alicyclic amines) is 1. The first-order valence-electron chi connectivity index (χ1n) is 8.92. The molecule has 2 aliphatic carbocycles. The van der Waals surface area contributed by atoms with Crippen LogP contribution < -0.4 is 0 Å². The van der Waals surface area contributed by atoms with Gasteiger partial charge in [0.1, 0.15) is 6.04 Å². The van der Waals surface area contributed by atoms with Gasteiger partial charge in [-0.15, -0.1) is 10.2 Å². The fourth-order valence-corrected chi connectivity index (χ4v) is 4.45. The van der Waals surface area contributed by atoms with Crippen LogP contribution in [0.5, 0.6) is 0 Å². The highest BCUT2D eigenvalue weighted by Gasteiger charge is 2.46. The van der Waals surface area contributed by atoms with Crippen molar-refractivity contribution in [1.29, 1.82) is 0 Å². The van der Waals surface area contributed by atoms with Crippen LogP contribution in [-0.4, -0.2) is 40.3 Å². The van der Waals surface area contributed by atoms with Gasteiger partial charge >= 0.3 is 5.97 Å². The Hall–Kier alpha value is -1.43. The summed E-state index contributed by atoms with van der Waals surface area (Å²) >= 11 is 0. The minimum absolute atomic E-state index is 0.127. The largest absolute Gasteiger partial charge is 0.468 e. The first-order chi connectivity index (χ1) is 11.3.